The lowest BCUT2D eigenvalue weighted by Gasteiger charge is -2.25. The molecule has 2 heterocycles. The maximum atomic E-state index is 13.4. The molecule has 9 heteroatoms. The number of amides is 1. The fraction of sp³-hybridized carbons (Fsp3) is 0.462. The highest BCUT2D eigenvalue weighted by molar-refractivity contribution is 6.05. The van der Waals surface area contributed by atoms with Crippen LogP contribution in [-0.4, -0.2) is 61.3 Å². The van der Waals surface area contributed by atoms with E-state index in [1.807, 2.05) is 40.7 Å². The lowest BCUT2D eigenvalue weighted by atomic mass is 9.84. The predicted octanol–water partition coefficient (Wildman–Crippen LogP) is 3.57. The van der Waals surface area contributed by atoms with Crippen LogP contribution in [0.25, 0.3) is 0 Å². The molecule has 1 aromatic carbocycles. The van der Waals surface area contributed by atoms with Gasteiger partial charge in [0.05, 0.1) is 26.9 Å². The number of carbonyl (C=O) groups excluding carboxylic acids is 2. The maximum absolute atomic E-state index is 13.4. The number of amidine groups is 1. The smallest absolute Gasteiger partial charge is 0.273 e. The van der Waals surface area contributed by atoms with Gasteiger partial charge < -0.3 is 24.4 Å². The summed E-state index contributed by atoms with van der Waals surface area (Å²) >= 11 is 0. The van der Waals surface area contributed by atoms with Gasteiger partial charge in [0.25, 0.3) is 5.91 Å². The maximum Gasteiger partial charge on any atom is 0.273 e. The molecular weight excluding hydrogens is 448 g/mol. The predicted molar refractivity (Wildman–Crippen MR) is 133 cm³/mol. The molecular formula is C26H34N4O5. The fourth-order valence-electron chi connectivity index (χ4n) is 4.03. The molecule has 0 fully saturated rings. The zero-order valence-electron chi connectivity index (χ0n) is 21.5. The summed E-state index contributed by atoms with van der Waals surface area (Å²) in [5.41, 5.74) is 2.31. The molecule has 0 spiro atoms. The number of Topliss-reactive ketones (excluding diaryl/α,β-unsaturated/α-hetero) is 1. The summed E-state index contributed by atoms with van der Waals surface area (Å²) in [5, 5.41) is 11.2. The zero-order chi connectivity index (χ0) is 25.9. The summed E-state index contributed by atoms with van der Waals surface area (Å²) < 4.78 is 17.0. The van der Waals surface area contributed by atoms with Crippen molar-refractivity contribution in [2.75, 3.05) is 33.9 Å². The van der Waals surface area contributed by atoms with Crippen molar-refractivity contribution >= 4 is 17.5 Å². The van der Waals surface area contributed by atoms with Gasteiger partial charge in [-0.2, -0.15) is 0 Å². The van der Waals surface area contributed by atoms with E-state index < -0.39 is 5.91 Å². The molecule has 3 rings (SSSR count). The van der Waals surface area contributed by atoms with E-state index in [4.69, 9.17) is 19.6 Å². The largest absolute Gasteiger partial charge is 0.493 e. The van der Waals surface area contributed by atoms with Gasteiger partial charge in [0.1, 0.15) is 11.5 Å². The average molecular weight is 483 g/mol. The minimum Gasteiger partial charge on any atom is -0.493 e. The Hall–Kier alpha value is -3.62. The molecule has 1 aliphatic rings. The van der Waals surface area contributed by atoms with E-state index in [0.717, 1.165) is 11.1 Å². The Bertz CT molecular complexity index is 1150. The SMILES string of the molecule is CCOc1cc2c(nc1C(=O)NC)C(=N)N(CC(=O)c1cc(OCC)c(OC)c(C(C)(C)C)c1)C2. The number of hydrogen-bond acceptors (Lipinski definition) is 7. The highest BCUT2D eigenvalue weighted by Gasteiger charge is 2.32. The Morgan fingerprint density at radius 1 is 1.11 bits per heavy atom. The first kappa shape index (κ1) is 26.0. The molecule has 9 nitrogen and oxygen atoms in total. The lowest BCUT2D eigenvalue weighted by molar-refractivity contribution is 0.0949. The summed E-state index contributed by atoms with van der Waals surface area (Å²) in [7, 11) is 3.11. The molecule has 0 radical (unpaired) electrons. The van der Waals surface area contributed by atoms with Gasteiger partial charge in [0, 0.05) is 30.3 Å². The van der Waals surface area contributed by atoms with E-state index in [-0.39, 0.29) is 29.3 Å². The summed E-state index contributed by atoms with van der Waals surface area (Å²) in [5.74, 6) is 1.03. The van der Waals surface area contributed by atoms with Gasteiger partial charge in [0.15, 0.2) is 28.7 Å². The number of nitrogens with zero attached hydrogens (tertiary/aromatic N) is 2. The molecule has 35 heavy (non-hydrogen) atoms. The van der Waals surface area contributed by atoms with E-state index in [0.29, 0.717) is 48.3 Å². The number of fused-ring (bicyclic) bond motifs is 1. The Kier molecular flexibility index (Phi) is 7.67. The summed E-state index contributed by atoms with van der Waals surface area (Å²) in [6.45, 7) is 11.0. The third-order valence-corrected chi connectivity index (χ3v) is 5.73. The monoisotopic (exact) mass is 482 g/mol. The number of hydrogen-bond donors (Lipinski definition) is 2. The van der Waals surface area contributed by atoms with E-state index in [9.17, 15) is 9.59 Å². The Morgan fingerprint density at radius 2 is 1.77 bits per heavy atom. The third-order valence-electron chi connectivity index (χ3n) is 5.73. The molecule has 1 aliphatic heterocycles. The normalized spacial score (nSPS) is 12.9. The van der Waals surface area contributed by atoms with Crippen LogP contribution in [0.15, 0.2) is 18.2 Å². The minimum absolute atomic E-state index is 0.0179. The van der Waals surface area contributed by atoms with Crippen molar-refractivity contribution in [1.29, 1.82) is 5.41 Å². The van der Waals surface area contributed by atoms with Crippen LogP contribution in [0.5, 0.6) is 17.2 Å². The number of methoxy groups -OCH3 is 1. The molecule has 2 aromatic rings. The van der Waals surface area contributed by atoms with Crippen LogP contribution in [0.1, 0.15) is 72.3 Å². The number of carbonyl (C=O) groups is 2. The van der Waals surface area contributed by atoms with Gasteiger partial charge in [0.2, 0.25) is 0 Å². The first-order valence-corrected chi connectivity index (χ1v) is 11.7. The summed E-state index contributed by atoms with van der Waals surface area (Å²) in [4.78, 5) is 31.7. The summed E-state index contributed by atoms with van der Waals surface area (Å²) in [6.07, 6.45) is 0. The summed E-state index contributed by atoms with van der Waals surface area (Å²) in [6, 6.07) is 5.27. The van der Waals surface area contributed by atoms with Crippen molar-refractivity contribution in [3.63, 3.8) is 0 Å². The molecule has 1 aromatic heterocycles. The molecule has 1 amide bonds. The number of rotatable bonds is 9. The van der Waals surface area contributed by atoms with E-state index >= 15 is 0 Å². The van der Waals surface area contributed by atoms with E-state index in [2.05, 4.69) is 10.3 Å². The Morgan fingerprint density at radius 3 is 2.34 bits per heavy atom. The van der Waals surface area contributed by atoms with Crippen molar-refractivity contribution in [3.8, 4) is 17.2 Å². The lowest BCUT2D eigenvalue weighted by Crippen LogP contribution is -2.31. The second-order valence-corrected chi connectivity index (χ2v) is 9.22. The second kappa shape index (κ2) is 10.3. The number of ketones is 1. The van der Waals surface area contributed by atoms with E-state index in [1.54, 1.807) is 24.1 Å². The average Bonchev–Trinajstić information content (AvgIpc) is 3.11. The molecule has 0 aliphatic carbocycles. The molecule has 0 unspecified atom stereocenters. The molecule has 188 valence electrons. The van der Waals surface area contributed by atoms with Crippen molar-refractivity contribution in [2.45, 2.75) is 46.6 Å². The van der Waals surface area contributed by atoms with Crippen LogP contribution in [0, 0.1) is 5.41 Å². The number of benzene rings is 1. The number of nitrogens with one attached hydrogen (secondary N) is 2. The van der Waals surface area contributed by atoms with Gasteiger partial charge in [-0.25, -0.2) is 4.98 Å². The Labute approximate surface area is 206 Å². The van der Waals surface area contributed by atoms with Crippen molar-refractivity contribution in [2.24, 2.45) is 0 Å². The van der Waals surface area contributed by atoms with Gasteiger partial charge in [-0.1, -0.05) is 20.8 Å². The van der Waals surface area contributed by atoms with Crippen LogP contribution in [0.3, 0.4) is 0 Å². The molecule has 0 saturated heterocycles. The molecule has 0 saturated carbocycles. The fourth-order valence-corrected chi connectivity index (χ4v) is 4.03. The van der Waals surface area contributed by atoms with Crippen molar-refractivity contribution < 1.29 is 23.8 Å². The van der Waals surface area contributed by atoms with Crippen molar-refractivity contribution in [3.05, 3.63) is 46.3 Å². The highest BCUT2D eigenvalue weighted by Crippen LogP contribution is 2.40. The van der Waals surface area contributed by atoms with E-state index in [1.165, 1.54) is 7.05 Å². The standard InChI is InChI=1S/C26H34N4O5/c1-8-34-19-12-16-13-30(24(27)21(16)29-22(19)25(32)28-6)14-18(31)15-10-17(26(3,4)5)23(33-7)20(11-15)35-9-2/h10-12,27H,8-9,13-14H2,1-7H3,(H,28,32). The highest BCUT2D eigenvalue weighted by atomic mass is 16.5. The second-order valence-electron chi connectivity index (χ2n) is 9.22. The molecule has 0 atom stereocenters. The number of aromatic nitrogens is 1. The quantitative estimate of drug-likeness (QED) is 0.525. The van der Waals surface area contributed by atoms with Crippen LogP contribution >= 0.6 is 0 Å². The molecule has 0 bridgehead atoms. The minimum atomic E-state index is -0.394. The molecule has 2 N–H and O–H groups in total. The zero-order valence-corrected chi connectivity index (χ0v) is 21.5. The number of pyridine rings is 1. The van der Waals surface area contributed by atoms with Crippen LogP contribution < -0.4 is 19.5 Å². The topological polar surface area (TPSA) is 114 Å². The van der Waals surface area contributed by atoms with Gasteiger partial charge >= 0.3 is 0 Å². The van der Waals surface area contributed by atoms with Gasteiger partial charge in [-0.3, -0.25) is 15.0 Å². The third kappa shape index (κ3) is 5.23. The van der Waals surface area contributed by atoms with Crippen LogP contribution in [0.2, 0.25) is 0 Å². The van der Waals surface area contributed by atoms with Crippen LogP contribution in [-0.2, 0) is 12.0 Å². The first-order valence-electron chi connectivity index (χ1n) is 11.7. The van der Waals surface area contributed by atoms with Crippen LogP contribution in [0.4, 0.5) is 0 Å². The van der Waals surface area contributed by atoms with Gasteiger partial charge in [-0.05, 0) is 37.5 Å². The van der Waals surface area contributed by atoms with Crippen molar-refractivity contribution in [1.82, 2.24) is 15.2 Å². The number of ether oxygens (including phenoxy) is 3. The van der Waals surface area contributed by atoms with Gasteiger partial charge in [-0.15, -0.1) is 0 Å². The Balaban J connectivity index is 1.93. The first-order chi connectivity index (χ1) is 16.5.